The zero-order valence-electron chi connectivity index (χ0n) is 19.2. The van der Waals surface area contributed by atoms with Gasteiger partial charge in [-0.25, -0.2) is 4.79 Å². The van der Waals surface area contributed by atoms with Crippen molar-refractivity contribution in [3.8, 4) is 0 Å². The van der Waals surface area contributed by atoms with Gasteiger partial charge in [-0.1, -0.05) is 24.6 Å². The fourth-order valence-electron chi connectivity index (χ4n) is 5.42. The molecule has 1 aromatic rings. The van der Waals surface area contributed by atoms with Crippen LogP contribution in [0.2, 0.25) is 5.02 Å². The molecule has 0 aromatic heterocycles. The van der Waals surface area contributed by atoms with Crippen molar-refractivity contribution < 1.29 is 14.6 Å². The molecule has 0 radical (unpaired) electrons. The summed E-state index contributed by atoms with van der Waals surface area (Å²) in [5.41, 5.74) is 9.70. The highest BCUT2D eigenvalue weighted by Crippen LogP contribution is 2.59. The third-order valence-electron chi connectivity index (χ3n) is 7.57. The number of aliphatic hydroxyl groups is 1. The highest BCUT2D eigenvalue weighted by Gasteiger charge is 2.56. The fraction of sp³-hybridized carbons (Fsp3) is 0.600. The van der Waals surface area contributed by atoms with E-state index in [1.54, 1.807) is 6.92 Å². The third-order valence-corrected chi connectivity index (χ3v) is 7.98. The van der Waals surface area contributed by atoms with Gasteiger partial charge in [-0.15, -0.1) is 0 Å². The number of piperidine rings is 1. The summed E-state index contributed by atoms with van der Waals surface area (Å²) < 4.78 is 5.11. The third kappa shape index (κ3) is 4.40. The van der Waals surface area contributed by atoms with E-state index in [1.807, 2.05) is 19.1 Å². The molecule has 0 unspecified atom stereocenters. The Morgan fingerprint density at radius 3 is 2.78 bits per heavy atom. The number of hydrogen-bond donors (Lipinski definition) is 2. The first-order chi connectivity index (χ1) is 15.3. The molecule has 7 heteroatoms. The Morgan fingerprint density at radius 2 is 2.09 bits per heavy atom. The number of carbonyl (C=O) groups excluding carboxylic acids is 1. The van der Waals surface area contributed by atoms with Crippen LogP contribution in [0.4, 0.5) is 5.69 Å². The van der Waals surface area contributed by atoms with E-state index < -0.39 is 11.6 Å². The number of ether oxygens (including phenoxy) is 1. The van der Waals surface area contributed by atoms with E-state index in [-0.39, 0.29) is 5.70 Å². The number of halogens is 1. The molecule has 2 saturated carbocycles. The van der Waals surface area contributed by atoms with Gasteiger partial charge in [0.1, 0.15) is 5.70 Å². The lowest BCUT2D eigenvalue weighted by atomic mass is 9.87. The zero-order valence-corrected chi connectivity index (χ0v) is 20.0. The minimum absolute atomic E-state index is 0.214. The van der Waals surface area contributed by atoms with Crippen LogP contribution in [0, 0.1) is 24.7 Å². The van der Waals surface area contributed by atoms with E-state index in [4.69, 9.17) is 27.1 Å². The number of nitrogens with two attached hydrogens (primary N) is 1. The van der Waals surface area contributed by atoms with E-state index in [9.17, 15) is 9.90 Å². The topological polar surface area (TPSA) is 88.2 Å². The first-order valence-electron chi connectivity index (χ1n) is 11.7. The summed E-state index contributed by atoms with van der Waals surface area (Å²) in [6.45, 7) is 8.43. The van der Waals surface area contributed by atoms with Crippen molar-refractivity contribution in [3.05, 3.63) is 40.1 Å². The van der Waals surface area contributed by atoms with Crippen molar-refractivity contribution >= 4 is 29.0 Å². The molecule has 174 valence electrons. The van der Waals surface area contributed by atoms with Gasteiger partial charge in [0, 0.05) is 41.6 Å². The van der Waals surface area contributed by atoms with E-state index in [0.717, 1.165) is 47.1 Å². The van der Waals surface area contributed by atoms with E-state index >= 15 is 0 Å². The average Bonchev–Trinajstić information content (AvgIpc) is 3.21. The molecule has 2 aliphatic carbocycles. The van der Waals surface area contributed by atoms with Gasteiger partial charge in [0.2, 0.25) is 0 Å². The highest BCUT2D eigenvalue weighted by molar-refractivity contribution is 6.31. The van der Waals surface area contributed by atoms with Crippen LogP contribution < -0.4 is 10.6 Å². The van der Waals surface area contributed by atoms with Gasteiger partial charge in [0.15, 0.2) is 0 Å². The summed E-state index contributed by atoms with van der Waals surface area (Å²) in [6.07, 6.45) is 2.86. The maximum Gasteiger partial charge on any atom is 0.354 e. The average molecular weight is 460 g/mol. The van der Waals surface area contributed by atoms with Crippen molar-refractivity contribution in [2.24, 2.45) is 28.5 Å². The van der Waals surface area contributed by atoms with Gasteiger partial charge in [0.05, 0.1) is 12.2 Å². The molecule has 1 aromatic carbocycles. The monoisotopic (exact) mass is 459 g/mol. The molecule has 0 amide bonds. The summed E-state index contributed by atoms with van der Waals surface area (Å²) in [4.78, 5) is 19.3. The van der Waals surface area contributed by atoms with Gasteiger partial charge in [-0.2, -0.15) is 0 Å². The lowest BCUT2D eigenvalue weighted by Gasteiger charge is -2.39. The molecular formula is C25H34ClN3O3. The number of fused-ring (bicyclic) bond motifs is 1. The number of benzene rings is 1. The van der Waals surface area contributed by atoms with Crippen molar-refractivity contribution in [1.29, 1.82) is 0 Å². The second kappa shape index (κ2) is 9.06. The maximum atomic E-state index is 12.2. The maximum absolute atomic E-state index is 12.2. The predicted molar refractivity (Wildman–Crippen MR) is 128 cm³/mol. The number of esters is 1. The van der Waals surface area contributed by atoms with E-state index in [2.05, 4.69) is 17.9 Å². The quantitative estimate of drug-likeness (QED) is 0.498. The normalized spacial score (nSPS) is 29.1. The Morgan fingerprint density at radius 1 is 1.38 bits per heavy atom. The summed E-state index contributed by atoms with van der Waals surface area (Å²) in [6, 6.07) is 5.97. The standard InChI is InChI=1S/C25H34ClN3O3/c1-4-32-24(30)23(27)22-19(14-17-15(2)21(17)22)28-11-8-25(31)9-12-29(13-10-25)20-7-5-6-18(26)16(20)3/h5-7,15,17,21,31H,4,8-14,27H2,1-3H3/b23-22+,28-19?/t15-,17+,21-/m1/s1. The molecule has 1 saturated heterocycles. The summed E-state index contributed by atoms with van der Waals surface area (Å²) in [5.74, 6) is 0.951. The SMILES string of the molecule is CCOC(=O)/C(N)=C1/C(=NCCC2(O)CCN(c3cccc(Cl)c3C)CC2)C[C@H]2[C@@H](C)[C@@H]12. The van der Waals surface area contributed by atoms with Crippen LogP contribution in [0.3, 0.4) is 0 Å². The van der Waals surface area contributed by atoms with Crippen molar-refractivity contribution in [2.45, 2.75) is 52.1 Å². The Labute approximate surface area is 195 Å². The number of aliphatic imine (C=N–C) groups is 1. The molecular weight excluding hydrogens is 426 g/mol. The molecule has 1 heterocycles. The molecule has 1 aliphatic heterocycles. The van der Waals surface area contributed by atoms with Gasteiger partial charge in [0.25, 0.3) is 0 Å². The number of nitrogens with zero attached hydrogens (tertiary/aromatic N) is 2. The van der Waals surface area contributed by atoms with Crippen LogP contribution in [0.1, 0.15) is 45.1 Å². The molecule has 3 fully saturated rings. The van der Waals surface area contributed by atoms with Crippen molar-refractivity contribution in [3.63, 3.8) is 0 Å². The Kier molecular flexibility index (Phi) is 6.55. The predicted octanol–water partition coefficient (Wildman–Crippen LogP) is 3.87. The first-order valence-corrected chi connectivity index (χ1v) is 12.1. The van der Waals surface area contributed by atoms with Gasteiger partial charge in [-0.05, 0) is 75.0 Å². The number of rotatable bonds is 6. The number of anilines is 1. The van der Waals surface area contributed by atoms with E-state index in [0.29, 0.717) is 50.2 Å². The molecule has 4 rings (SSSR count). The largest absolute Gasteiger partial charge is 0.461 e. The second-order valence-corrected chi connectivity index (χ2v) is 9.88. The van der Waals surface area contributed by atoms with Crippen LogP contribution in [0.5, 0.6) is 0 Å². The van der Waals surface area contributed by atoms with Crippen molar-refractivity contribution in [1.82, 2.24) is 0 Å². The van der Waals surface area contributed by atoms with Gasteiger partial charge in [-0.3, -0.25) is 4.99 Å². The first kappa shape index (κ1) is 23.1. The summed E-state index contributed by atoms with van der Waals surface area (Å²) in [7, 11) is 0. The molecule has 3 N–H and O–H groups in total. The second-order valence-electron chi connectivity index (χ2n) is 9.47. The van der Waals surface area contributed by atoms with Crippen LogP contribution in [-0.4, -0.2) is 48.6 Å². The summed E-state index contributed by atoms with van der Waals surface area (Å²) in [5, 5.41) is 11.9. The number of allylic oxidation sites excluding steroid dienone is 1. The Bertz CT molecular complexity index is 950. The molecule has 0 spiro atoms. The van der Waals surface area contributed by atoms with Crippen LogP contribution in [0.25, 0.3) is 0 Å². The zero-order chi connectivity index (χ0) is 23.0. The van der Waals surface area contributed by atoms with Crippen LogP contribution >= 0.6 is 11.6 Å². The minimum Gasteiger partial charge on any atom is -0.461 e. The minimum atomic E-state index is -0.724. The molecule has 0 bridgehead atoms. The van der Waals surface area contributed by atoms with Crippen LogP contribution in [0.15, 0.2) is 34.5 Å². The fourth-order valence-corrected chi connectivity index (χ4v) is 5.59. The lowest BCUT2D eigenvalue weighted by molar-refractivity contribution is -0.138. The smallest absolute Gasteiger partial charge is 0.354 e. The van der Waals surface area contributed by atoms with Gasteiger partial charge < -0.3 is 20.5 Å². The summed E-state index contributed by atoms with van der Waals surface area (Å²) >= 11 is 6.28. The van der Waals surface area contributed by atoms with E-state index in [1.165, 1.54) is 0 Å². The van der Waals surface area contributed by atoms with Crippen LogP contribution in [-0.2, 0) is 9.53 Å². The molecule has 6 nitrogen and oxygen atoms in total. The number of carbonyl (C=O) groups is 1. The molecule has 3 atom stereocenters. The van der Waals surface area contributed by atoms with Crippen molar-refractivity contribution in [2.75, 3.05) is 31.1 Å². The Balaban J connectivity index is 1.38. The highest BCUT2D eigenvalue weighted by atomic mass is 35.5. The number of hydrogen-bond acceptors (Lipinski definition) is 6. The molecule has 32 heavy (non-hydrogen) atoms. The van der Waals surface area contributed by atoms with Gasteiger partial charge >= 0.3 is 5.97 Å². The Hall–Kier alpha value is -2.05. The molecule has 3 aliphatic rings. The lowest BCUT2D eigenvalue weighted by Crippen LogP contribution is -2.45.